The zero-order chi connectivity index (χ0) is 15.9. The molecule has 1 aromatic carbocycles. The molecule has 122 valence electrons. The Kier molecular flexibility index (Phi) is 4.21. The zero-order valence-corrected chi connectivity index (χ0v) is 14.3. The maximum absolute atomic E-state index is 11.8. The molecule has 1 aromatic rings. The Morgan fingerprint density at radius 3 is 2.77 bits per heavy atom. The smallest absolute Gasteiger partial charge is 0.119 e. The molecule has 0 saturated heterocycles. The first kappa shape index (κ1) is 15.8. The second-order valence-electron chi connectivity index (χ2n) is 7.62. The van der Waals surface area contributed by atoms with Gasteiger partial charge in [0.2, 0.25) is 0 Å². The van der Waals surface area contributed by atoms with Crippen molar-refractivity contribution in [3.63, 3.8) is 0 Å². The molecule has 2 aliphatic carbocycles. The Hall–Kier alpha value is -1.06. The van der Waals surface area contributed by atoms with Crippen LogP contribution in [0.2, 0.25) is 0 Å². The van der Waals surface area contributed by atoms with Gasteiger partial charge in [0.15, 0.2) is 0 Å². The van der Waals surface area contributed by atoms with Gasteiger partial charge in [-0.25, -0.2) is 0 Å². The molecule has 1 N–H and O–H groups in total. The van der Waals surface area contributed by atoms with E-state index in [1.54, 1.807) is 7.11 Å². The fourth-order valence-electron chi connectivity index (χ4n) is 4.84. The van der Waals surface area contributed by atoms with Crippen molar-refractivity contribution >= 4 is 0 Å². The van der Waals surface area contributed by atoms with E-state index in [0.29, 0.717) is 17.8 Å². The largest absolute Gasteiger partial charge is 0.497 e. The van der Waals surface area contributed by atoms with Crippen LogP contribution < -0.4 is 4.74 Å². The van der Waals surface area contributed by atoms with Crippen LogP contribution in [0.4, 0.5) is 0 Å². The van der Waals surface area contributed by atoms with Gasteiger partial charge < -0.3 is 14.7 Å². The van der Waals surface area contributed by atoms with Crippen LogP contribution in [0.25, 0.3) is 0 Å². The van der Waals surface area contributed by atoms with Crippen molar-refractivity contribution in [2.75, 3.05) is 27.7 Å². The number of benzene rings is 1. The van der Waals surface area contributed by atoms with Crippen LogP contribution in [-0.2, 0) is 5.60 Å². The average molecular weight is 303 g/mol. The van der Waals surface area contributed by atoms with Gasteiger partial charge in [-0.2, -0.15) is 0 Å². The van der Waals surface area contributed by atoms with Crippen LogP contribution in [0.15, 0.2) is 18.2 Å². The molecule has 0 unspecified atom stereocenters. The van der Waals surface area contributed by atoms with E-state index in [2.05, 4.69) is 38.1 Å². The number of nitrogens with zero attached hydrogens (tertiary/aromatic N) is 1. The summed E-state index contributed by atoms with van der Waals surface area (Å²) in [7, 11) is 5.92. The standard InChI is InChI=1S/C19H29NO2/c1-13-5-8-16(22-4)10-17(13)19(21)11-14-6-7-15(9-14)18(19)12-20(2)3/h5,8,10,14-15,18,21H,6-7,9,11-12H2,1-4H3/t14-,15+,18-,19-/m0/s1. The van der Waals surface area contributed by atoms with E-state index >= 15 is 0 Å². The van der Waals surface area contributed by atoms with Crippen molar-refractivity contribution in [3.8, 4) is 5.75 Å². The predicted molar refractivity (Wildman–Crippen MR) is 89.1 cm³/mol. The quantitative estimate of drug-likeness (QED) is 0.927. The molecule has 0 aliphatic heterocycles. The summed E-state index contributed by atoms with van der Waals surface area (Å²) in [5.41, 5.74) is 1.54. The number of ether oxygens (including phenoxy) is 1. The Bertz CT molecular complexity index is 542. The number of hydrogen-bond donors (Lipinski definition) is 1. The summed E-state index contributed by atoms with van der Waals surface area (Å²) in [5.74, 6) is 2.48. The van der Waals surface area contributed by atoms with E-state index in [4.69, 9.17) is 4.74 Å². The van der Waals surface area contributed by atoms with Gasteiger partial charge in [-0.3, -0.25) is 0 Å². The number of fused-ring (bicyclic) bond motifs is 2. The highest BCUT2D eigenvalue weighted by Gasteiger charge is 2.51. The lowest BCUT2D eigenvalue weighted by Crippen LogP contribution is -2.47. The van der Waals surface area contributed by atoms with Gasteiger partial charge >= 0.3 is 0 Å². The number of rotatable bonds is 4. The molecule has 2 aliphatic rings. The fourth-order valence-corrected chi connectivity index (χ4v) is 4.84. The van der Waals surface area contributed by atoms with Crippen molar-refractivity contribution in [1.82, 2.24) is 4.90 Å². The van der Waals surface area contributed by atoms with Crippen molar-refractivity contribution in [2.45, 2.75) is 38.2 Å². The summed E-state index contributed by atoms with van der Waals surface area (Å²) < 4.78 is 5.41. The van der Waals surface area contributed by atoms with Gasteiger partial charge in [0.1, 0.15) is 5.75 Å². The van der Waals surface area contributed by atoms with Gasteiger partial charge in [0.05, 0.1) is 12.7 Å². The molecule has 3 nitrogen and oxygen atoms in total. The van der Waals surface area contributed by atoms with Gasteiger partial charge in [0, 0.05) is 12.5 Å². The minimum absolute atomic E-state index is 0.312. The Morgan fingerprint density at radius 1 is 1.32 bits per heavy atom. The van der Waals surface area contributed by atoms with E-state index in [0.717, 1.165) is 24.3 Å². The first-order valence-electron chi connectivity index (χ1n) is 8.46. The monoisotopic (exact) mass is 303 g/mol. The summed E-state index contributed by atoms with van der Waals surface area (Å²) in [6.07, 6.45) is 4.74. The second kappa shape index (κ2) is 5.86. The number of hydrogen-bond acceptors (Lipinski definition) is 3. The van der Waals surface area contributed by atoms with Crippen LogP contribution in [0, 0.1) is 24.7 Å². The van der Waals surface area contributed by atoms with Crippen LogP contribution in [0.5, 0.6) is 5.75 Å². The van der Waals surface area contributed by atoms with Crippen LogP contribution in [0.1, 0.15) is 36.8 Å². The first-order valence-corrected chi connectivity index (χ1v) is 8.46. The number of aliphatic hydroxyl groups is 1. The number of methoxy groups -OCH3 is 1. The maximum Gasteiger partial charge on any atom is 0.119 e. The number of aryl methyl sites for hydroxylation is 1. The lowest BCUT2D eigenvalue weighted by molar-refractivity contribution is -0.0896. The van der Waals surface area contributed by atoms with Crippen LogP contribution >= 0.6 is 0 Å². The summed E-state index contributed by atoms with van der Waals surface area (Å²) in [6.45, 7) is 3.06. The van der Waals surface area contributed by atoms with Crippen LogP contribution in [-0.4, -0.2) is 37.8 Å². The van der Waals surface area contributed by atoms with Gasteiger partial charge in [-0.1, -0.05) is 12.5 Å². The SMILES string of the molecule is COc1ccc(C)c([C@@]2(O)C[C@H]3CC[C@H](C3)[C@@H]2CN(C)C)c1. The van der Waals surface area contributed by atoms with Crippen molar-refractivity contribution in [2.24, 2.45) is 17.8 Å². The van der Waals surface area contributed by atoms with Gasteiger partial charge in [-0.15, -0.1) is 0 Å². The molecule has 4 atom stereocenters. The maximum atomic E-state index is 11.8. The first-order chi connectivity index (χ1) is 10.4. The lowest BCUT2D eigenvalue weighted by Gasteiger charge is -2.46. The zero-order valence-electron chi connectivity index (χ0n) is 14.3. The molecule has 2 saturated carbocycles. The molecule has 2 fully saturated rings. The molecular formula is C19H29NO2. The lowest BCUT2D eigenvalue weighted by atomic mass is 9.65. The minimum atomic E-state index is -0.715. The fraction of sp³-hybridized carbons (Fsp3) is 0.684. The third-order valence-electron chi connectivity index (χ3n) is 5.84. The predicted octanol–water partition coefficient (Wildman–Crippen LogP) is 3.19. The molecule has 0 amide bonds. The third kappa shape index (κ3) is 2.65. The van der Waals surface area contributed by atoms with Gasteiger partial charge in [-0.05, 0) is 75.4 Å². The van der Waals surface area contributed by atoms with E-state index in [-0.39, 0.29) is 0 Å². The van der Waals surface area contributed by atoms with Crippen molar-refractivity contribution in [3.05, 3.63) is 29.3 Å². The van der Waals surface area contributed by atoms with Crippen molar-refractivity contribution < 1.29 is 9.84 Å². The molecule has 3 heteroatoms. The third-order valence-corrected chi connectivity index (χ3v) is 5.84. The Balaban J connectivity index is 2.04. The molecular weight excluding hydrogens is 274 g/mol. The molecule has 22 heavy (non-hydrogen) atoms. The average Bonchev–Trinajstić information content (AvgIpc) is 2.87. The minimum Gasteiger partial charge on any atom is -0.497 e. The topological polar surface area (TPSA) is 32.7 Å². The highest BCUT2D eigenvalue weighted by Crippen LogP contribution is 2.55. The van der Waals surface area contributed by atoms with E-state index in [1.807, 2.05) is 6.07 Å². The highest BCUT2D eigenvalue weighted by molar-refractivity contribution is 5.40. The molecule has 0 heterocycles. The van der Waals surface area contributed by atoms with E-state index < -0.39 is 5.60 Å². The molecule has 2 bridgehead atoms. The summed E-state index contributed by atoms with van der Waals surface area (Å²) >= 11 is 0. The normalized spacial score (nSPS) is 34.2. The van der Waals surface area contributed by atoms with E-state index in [9.17, 15) is 5.11 Å². The molecule has 0 spiro atoms. The Labute approximate surface area is 134 Å². The molecule has 3 rings (SSSR count). The van der Waals surface area contributed by atoms with Gasteiger partial charge in [0.25, 0.3) is 0 Å². The van der Waals surface area contributed by atoms with E-state index in [1.165, 1.54) is 24.8 Å². The van der Waals surface area contributed by atoms with Crippen LogP contribution in [0.3, 0.4) is 0 Å². The summed E-state index contributed by atoms with van der Waals surface area (Å²) in [4.78, 5) is 2.23. The summed E-state index contributed by atoms with van der Waals surface area (Å²) in [6, 6.07) is 6.12. The van der Waals surface area contributed by atoms with Crippen molar-refractivity contribution in [1.29, 1.82) is 0 Å². The second-order valence-corrected chi connectivity index (χ2v) is 7.62. The Morgan fingerprint density at radius 2 is 2.09 bits per heavy atom. The molecule has 0 aromatic heterocycles. The summed E-state index contributed by atoms with van der Waals surface area (Å²) in [5, 5.41) is 11.8. The highest BCUT2D eigenvalue weighted by atomic mass is 16.5. The molecule has 0 radical (unpaired) electrons.